The van der Waals surface area contributed by atoms with E-state index in [4.69, 9.17) is 16.7 Å². The van der Waals surface area contributed by atoms with Crippen molar-refractivity contribution in [1.82, 2.24) is 10.6 Å². The van der Waals surface area contributed by atoms with E-state index in [2.05, 4.69) is 35.5 Å². The van der Waals surface area contributed by atoms with E-state index >= 15 is 0 Å². The Hall–Kier alpha value is -2.09. The van der Waals surface area contributed by atoms with Crippen LogP contribution in [0.1, 0.15) is 25.0 Å². The minimum Gasteiger partial charge on any atom is -0.356 e. The van der Waals surface area contributed by atoms with Gasteiger partial charge in [0.25, 0.3) is 0 Å². The number of hydrogen-bond acceptors (Lipinski definition) is 3. The van der Waals surface area contributed by atoms with Gasteiger partial charge in [-0.05, 0) is 47.2 Å². The van der Waals surface area contributed by atoms with Crippen molar-refractivity contribution < 1.29 is 8.42 Å². The van der Waals surface area contributed by atoms with Crippen molar-refractivity contribution in [2.45, 2.75) is 31.7 Å². The van der Waals surface area contributed by atoms with Crippen LogP contribution in [0.4, 0.5) is 0 Å². The fourth-order valence-electron chi connectivity index (χ4n) is 2.82. The maximum Gasteiger partial charge on any atom is 0.238 e. The van der Waals surface area contributed by atoms with E-state index in [1.807, 2.05) is 24.3 Å². The maximum atomic E-state index is 11.5. The Morgan fingerprint density at radius 3 is 2.43 bits per heavy atom. The third-order valence-corrected chi connectivity index (χ3v) is 5.36. The SMILES string of the molecule is CN=C(NCc1cccc(S(N)(=O)=O)c1)NCC(C)(C)Cc1cccc(Cl)c1. The molecule has 152 valence electrons. The summed E-state index contributed by atoms with van der Waals surface area (Å²) in [5, 5.41) is 12.4. The summed E-state index contributed by atoms with van der Waals surface area (Å²) in [5.41, 5.74) is 1.96. The van der Waals surface area contributed by atoms with Crippen LogP contribution in [0.5, 0.6) is 0 Å². The second-order valence-electron chi connectivity index (χ2n) is 7.44. The van der Waals surface area contributed by atoms with Gasteiger partial charge in [-0.3, -0.25) is 4.99 Å². The average molecular weight is 423 g/mol. The van der Waals surface area contributed by atoms with Crippen LogP contribution in [0.25, 0.3) is 0 Å². The summed E-state index contributed by atoms with van der Waals surface area (Å²) in [6, 6.07) is 14.4. The van der Waals surface area contributed by atoms with E-state index in [1.165, 1.54) is 11.6 Å². The molecule has 28 heavy (non-hydrogen) atoms. The Labute approximate surface area is 172 Å². The molecule has 0 amide bonds. The van der Waals surface area contributed by atoms with Gasteiger partial charge in [-0.25, -0.2) is 13.6 Å². The van der Waals surface area contributed by atoms with Gasteiger partial charge in [0.15, 0.2) is 5.96 Å². The number of nitrogens with zero attached hydrogens (tertiary/aromatic N) is 1. The standard InChI is InChI=1S/C20H27ClN4O2S/c1-20(2,12-15-6-4-8-17(21)10-15)14-25-19(23-3)24-13-16-7-5-9-18(11-16)28(22,26)27/h4-11H,12-14H2,1-3H3,(H2,22,26,27)(H2,23,24,25). The first-order chi connectivity index (χ1) is 13.1. The molecule has 0 radical (unpaired) electrons. The van der Waals surface area contributed by atoms with Crippen LogP contribution in [-0.4, -0.2) is 28.0 Å². The fraction of sp³-hybridized carbons (Fsp3) is 0.350. The molecule has 0 heterocycles. The summed E-state index contributed by atoms with van der Waals surface area (Å²) in [6.07, 6.45) is 0.869. The number of nitrogens with two attached hydrogens (primary N) is 1. The smallest absolute Gasteiger partial charge is 0.238 e. The third kappa shape index (κ3) is 7.14. The molecular formula is C20H27ClN4O2S. The molecule has 0 fully saturated rings. The molecule has 0 spiro atoms. The number of rotatable bonds is 7. The van der Waals surface area contributed by atoms with Gasteiger partial charge in [-0.2, -0.15) is 0 Å². The summed E-state index contributed by atoms with van der Waals surface area (Å²) in [5.74, 6) is 0.639. The van der Waals surface area contributed by atoms with Crippen molar-refractivity contribution in [1.29, 1.82) is 0 Å². The van der Waals surface area contributed by atoms with Gasteiger partial charge in [0.2, 0.25) is 10.0 Å². The summed E-state index contributed by atoms with van der Waals surface area (Å²) in [7, 11) is -2.02. The molecular weight excluding hydrogens is 396 g/mol. The molecule has 0 aliphatic carbocycles. The van der Waals surface area contributed by atoms with E-state index in [0.717, 1.165) is 17.0 Å². The molecule has 2 aromatic rings. The van der Waals surface area contributed by atoms with Crippen LogP contribution in [0.3, 0.4) is 0 Å². The molecule has 0 aromatic heterocycles. The number of primary sulfonamides is 1. The van der Waals surface area contributed by atoms with Gasteiger partial charge >= 0.3 is 0 Å². The van der Waals surface area contributed by atoms with Crippen molar-refractivity contribution in [2.75, 3.05) is 13.6 Å². The van der Waals surface area contributed by atoms with Crippen LogP contribution >= 0.6 is 11.6 Å². The lowest BCUT2D eigenvalue weighted by Gasteiger charge is -2.26. The number of aliphatic imine (C=N–C) groups is 1. The van der Waals surface area contributed by atoms with Gasteiger partial charge < -0.3 is 10.6 Å². The Bertz CT molecular complexity index is 943. The van der Waals surface area contributed by atoms with Crippen LogP contribution in [-0.2, 0) is 23.0 Å². The topological polar surface area (TPSA) is 96.6 Å². The molecule has 0 aliphatic rings. The molecule has 2 aromatic carbocycles. The van der Waals surface area contributed by atoms with Crippen molar-refractivity contribution in [3.05, 3.63) is 64.7 Å². The molecule has 0 unspecified atom stereocenters. The molecule has 0 atom stereocenters. The van der Waals surface area contributed by atoms with E-state index in [-0.39, 0.29) is 10.3 Å². The Morgan fingerprint density at radius 1 is 1.11 bits per heavy atom. The van der Waals surface area contributed by atoms with E-state index in [1.54, 1.807) is 19.2 Å². The molecule has 0 saturated carbocycles. The highest BCUT2D eigenvalue weighted by atomic mass is 35.5. The van der Waals surface area contributed by atoms with Crippen molar-refractivity contribution in [3.63, 3.8) is 0 Å². The highest BCUT2D eigenvalue weighted by molar-refractivity contribution is 7.89. The first kappa shape index (κ1) is 22.2. The van der Waals surface area contributed by atoms with E-state index in [0.29, 0.717) is 19.0 Å². The predicted molar refractivity (Wildman–Crippen MR) is 115 cm³/mol. The lowest BCUT2D eigenvalue weighted by Crippen LogP contribution is -2.42. The van der Waals surface area contributed by atoms with Crippen LogP contribution in [0.15, 0.2) is 58.4 Å². The van der Waals surface area contributed by atoms with Gasteiger partial charge in [0.1, 0.15) is 0 Å². The number of halogens is 1. The highest BCUT2D eigenvalue weighted by Gasteiger charge is 2.19. The van der Waals surface area contributed by atoms with Crippen molar-refractivity contribution in [2.24, 2.45) is 15.5 Å². The maximum absolute atomic E-state index is 11.5. The number of hydrogen-bond donors (Lipinski definition) is 3. The fourth-order valence-corrected chi connectivity index (χ4v) is 3.62. The Balaban J connectivity index is 1.92. The van der Waals surface area contributed by atoms with Gasteiger partial charge in [0, 0.05) is 25.2 Å². The summed E-state index contributed by atoms with van der Waals surface area (Å²) >= 11 is 6.07. The predicted octanol–water partition coefficient (Wildman–Crippen LogP) is 2.92. The molecule has 0 bridgehead atoms. The van der Waals surface area contributed by atoms with Crippen molar-refractivity contribution in [3.8, 4) is 0 Å². The minimum absolute atomic E-state index is 0.0180. The molecule has 6 nitrogen and oxygen atoms in total. The van der Waals surface area contributed by atoms with Gasteiger partial charge in [0.05, 0.1) is 4.90 Å². The number of nitrogens with one attached hydrogen (secondary N) is 2. The van der Waals surface area contributed by atoms with E-state index in [9.17, 15) is 8.42 Å². The Morgan fingerprint density at radius 2 is 1.79 bits per heavy atom. The summed E-state index contributed by atoms with van der Waals surface area (Å²) < 4.78 is 23.0. The van der Waals surface area contributed by atoms with Gasteiger partial charge in [-0.15, -0.1) is 0 Å². The molecule has 0 aliphatic heterocycles. The van der Waals surface area contributed by atoms with Crippen LogP contribution in [0, 0.1) is 5.41 Å². The molecule has 4 N–H and O–H groups in total. The molecule has 2 rings (SSSR count). The Kier molecular flexibility index (Phi) is 7.46. The van der Waals surface area contributed by atoms with Crippen LogP contribution < -0.4 is 15.8 Å². The monoisotopic (exact) mass is 422 g/mol. The number of sulfonamides is 1. The first-order valence-electron chi connectivity index (χ1n) is 8.90. The second-order valence-corrected chi connectivity index (χ2v) is 9.44. The third-order valence-electron chi connectivity index (χ3n) is 4.22. The second kappa shape index (κ2) is 9.41. The highest BCUT2D eigenvalue weighted by Crippen LogP contribution is 2.22. The molecule has 0 saturated heterocycles. The van der Waals surface area contributed by atoms with Crippen molar-refractivity contribution >= 4 is 27.6 Å². The number of guanidine groups is 1. The normalized spacial score (nSPS) is 12.7. The summed E-state index contributed by atoms with van der Waals surface area (Å²) in [6.45, 7) is 5.47. The first-order valence-corrected chi connectivity index (χ1v) is 10.8. The average Bonchev–Trinajstić information content (AvgIpc) is 2.61. The zero-order valence-corrected chi connectivity index (χ0v) is 17.9. The lowest BCUT2D eigenvalue weighted by molar-refractivity contribution is 0.359. The zero-order chi connectivity index (χ0) is 20.8. The quantitative estimate of drug-likeness (QED) is 0.472. The largest absolute Gasteiger partial charge is 0.356 e. The summed E-state index contributed by atoms with van der Waals surface area (Å²) in [4.78, 5) is 4.32. The lowest BCUT2D eigenvalue weighted by atomic mass is 9.86. The van der Waals surface area contributed by atoms with Crippen LogP contribution in [0.2, 0.25) is 5.02 Å². The minimum atomic E-state index is -3.71. The van der Waals surface area contributed by atoms with E-state index < -0.39 is 10.0 Å². The zero-order valence-electron chi connectivity index (χ0n) is 16.4. The number of benzene rings is 2. The molecule has 8 heteroatoms. The van der Waals surface area contributed by atoms with Gasteiger partial charge in [-0.1, -0.05) is 49.7 Å².